The molecular weight excluding hydrogens is 148 g/mol. The number of hydrogen-bond acceptors (Lipinski definition) is 4. The number of carbonyl (C=O) groups is 1. The molecule has 0 fully saturated rings. The second-order valence-electron chi connectivity index (χ2n) is 1.91. The van der Waals surface area contributed by atoms with Gasteiger partial charge in [0.2, 0.25) is 0 Å². The van der Waals surface area contributed by atoms with Gasteiger partial charge in [-0.2, -0.15) is 0 Å². The molecule has 11 heavy (non-hydrogen) atoms. The van der Waals surface area contributed by atoms with Gasteiger partial charge in [-0.05, 0) is 0 Å². The topological polar surface area (TPSA) is 83.3 Å². The van der Waals surface area contributed by atoms with Crippen LogP contribution in [0.5, 0.6) is 0 Å². The first-order chi connectivity index (χ1) is 5.22. The Bertz CT molecular complexity index is 249. The van der Waals surface area contributed by atoms with E-state index in [1.807, 2.05) is 0 Å². The molecule has 0 radical (unpaired) electrons. The van der Waals surface area contributed by atoms with Crippen molar-refractivity contribution >= 4 is 5.97 Å². The van der Waals surface area contributed by atoms with Crippen molar-refractivity contribution in [2.75, 3.05) is 0 Å². The molecule has 1 aromatic rings. The molecule has 0 aliphatic carbocycles. The first-order valence-corrected chi connectivity index (χ1v) is 2.87. The molecular formula is C6H6N2O3. The lowest BCUT2D eigenvalue weighted by Crippen LogP contribution is -2.10. The van der Waals surface area contributed by atoms with E-state index >= 15 is 0 Å². The van der Waals surface area contributed by atoms with Crippen molar-refractivity contribution in [2.45, 2.75) is 6.10 Å². The predicted octanol–water partition coefficient (Wildman–Crippen LogP) is -0.405. The van der Waals surface area contributed by atoms with Gasteiger partial charge in [-0.3, -0.25) is 0 Å². The Hall–Kier alpha value is -1.49. The molecule has 0 bridgehead atoms. The van der Waals surface area contributed by atoms with E-state index in [4.69, 9.17) is 10.2 Å². The Labute approximate surface area is 62.4 Å². The third kappa shape index (κ3) is 1.71. The highest BCUT2D eigenvalue weighted by Crippen LogP contribution is 2.08. The molecule has 58 valence electrons. The average Bonchev–Trinajstić information content (AvgIpc) is 2.05. The van der Waals surface area contributed by atoms with E-state index < -0.39 is 12.1 Å². The van der Waals surface area contributed by atoms with Crippen LogP contribution in [0.1, 0.15) is 11.7 Å². The van der Waals surface area contributed by atoms with Crippen LogP contribution in [0, 0.1) is 0 Å². The van der Waals surface area contributed by atoms with Crippen LogP contribution in [-0.4, -0.2) is 26.2 Å². The van der Waals surface area contributed by atoms with Crippen LogP contribution in [0.15, 0.2) is 18.7 Å². The average molecular weight is 154 g/mol. The van der Waals surface area contributed by atoms with E-state index in [9.17, 15) is 4.79 Å². The molecule has 0 aromatic carbocycles. The van der Waals surface area contributed by atoms with Crippen LogP contribution in [0.2, 0.25) is 0 Å². The third-order valence-electron chi connectivity index (χ3n) is 1.13. The van der Waals surface area contributed by atoms with Crippen molar-refractivity contribution < 1.29 is 15.0 Å². The van der Waals surface area contributed by atoms with Crippen LogP contribution < -0.4 is 0 Å². The summed E-state index contributed by atoms with van der Waals surface area (Å²) in [6, 6.07) is 0. The van der Waals surface area contributed by atoms with Crippen LogP contribution in [0.4, 0.5) is 0 Å². The van der Waals surface area contributed by atoms with Gasteiger partial charge in [0.25, 0.3) is 0 Å². The zero-order chi connectivity index (χ0) is 8.27. The van der Waals surface area contributed by atoms with Crippen LogP contribution in [-0.2, 0) is 4.79 Å². The van der Waals surface area contributed by atoms with Crippen LogP contribution in [0.25, 0.3) is 0 Å². The maximum Gasteiger partial charge on any atom is 0.337 e. The molecule has 0 saturated heterocycles. The maximum absolute atomic E-state index is 10.2. The Morgan fingerprint density at radius 1 is 1.45 bits per heavy atom. The van der Waals surface area contributed by atoms with Crippen molar-refractivity contribution in [2.24, 2.45) is 0 Å². The van der Waals surface area contributed by atoms with Gasteiger partial charge in [-0.25, -0.2) is 14.8 Å². The van der Waals surface area contributed by atoms with Gasteiger partial charge in [0, 0.05) is 18.0 Å². The van der Waals surface area contributed by atoms with Gasteiger partial charge in [-0.15, -0.1) is 0 Å². The first kappa shape index (κ1) is 7.62. The number of nitrogens with zero attached hydrogens (tertiary/aromatic N) is 2. The van der Waals surface area contributed by atoms with Gasteiger partial charge in [0.05, 0.1) is 0 Å². The number of aliphatic hydroxyl groups is 1. The first-order valence-electron chi connectivity index (χ1n) is 2.87. The lowest BCUT2D eigenvalue weighted by Gasteiger charge is -2.01. The molecule has 1 rings (SSSR count). The number of aromatic nitrogens is 2. The van der Waals surface area contributed by atoms with Crippen molar-refractivity contribution in [1.82, 2.24) is 9.97 Å². The number of aliphatic hydroxyl groups excluding tert-OH is 1. The molecule has 2 N–H and O–H groups in total. The van der Waals surface area contributed by atoms with Crippen molar-refractivity contribution in [3.05, 3.63) is 24.3 Å². The fourth-order valence-electron chi connectivity index (χ4n) is 0.594. The molecule has 0 amide bonds. The highest BCUT2D eigenvalue weighted by Gasteiger charge is 2.15. The Morgan fingerprint density at radius 2 is 2.00 bits per heavy atom. The predicted molar refractivity (Wildman–Crippen MR) is 34.6 cm³/mol. The molecule has 1 heterocycles. The fraction of sp³-hybridized carbons (Fsp3) is 0.167. The van der Waals surface area contributed by atoms with Gasteiger partial charge >= 0.3 is 5.97 Å². The minimum absolute atomic E-state index is 0.181. The van der Waals surface area contributed by atoms with Gasteiger partial charge < -0.3 is 10.2 Å². The minimum Gasteiger partial charge on any atom is -0.479 e. The largest absolute Gasteiger partial charge is 0.479 e. The Balaban J connectivity index is 2.85. The second-order valence-corrected chi connectivity index (χ2v) is 1.91. The molecule has 5 nitrogen and oxygen atoms in total. The van der Waals surface area contributed by atoms with Crippen molar-refractivity contribution in [3.63, 3.8) is 0 Å². The number of aliphatic carboxylic acids is 1. The highest BCUT2D eigenvalue weighted by atomic mass is 16.4. The standard InChI is InChI=1S/C6H6N2O3/c9-5(6(10)11)4-1-7-3-8-2-4/h1-3,5,9H,(H,10,11). The van der Waals surface area contributed by atoms with Crippen LogP contribution in [0.3, 0.4) is 0 Å². The summed E-state index contributed by atoms with van der Waals surface area (Å²) in [5.74, 6) is -1.31. The molecule has 5 heteroatoms. The third-order valence-corrected chi connectivity index (χ3v) is 1.13. The van der Waals surface area contributed by atoms with Gasteiger partial charge in [-0.1, -0.05) is 0 Å². The number of carboxylic acids is 1. The van der Waals surface area contributed by atoms with Crippen molar-refractivity contribution in [3.8, 4) is 0 Å². The summed E-state index contributed by atoms with van der Waals surface area (Å²) in [4.78, 5) is 17.3. The summed E-state index contributed by atoms with van der Waals surface area (Å²) in [5.41, 5.74) is 0.181. The van der Waals surface area contributed by atoms with E-state index in [0.29, 0.717) is 0 Å². The zero-order valence-corrected chi connectivity index (χ0v) is 5.51. The lowest BCUT2D eigenvalue weighted by atomic mass is 10.2. The summed E-state index contributed by atoms with van der Waals surface area (Å²) in [5, 5.41) is 17.2. The SMILES string of the molecule is O=C(O)C(O)c1cncnc1. The number of rotatable bonds is 2. The summed E-state index contributed by atoms with van der Waals surface area (Å²) in [7, 11) is 0. The number of hydrogen-bond donors (Lipinski definition) is 2. The Morgan fingerprint density at radius 3 is 2.45 bits per heavy atom. The van der Waals surface area contributed by atoms with Gasteiger partial charge in [0.15, 0.2) is 6.10 Å². The molecule has 1 unspecified atom stereocenters. The van der Waals surface area contributed by atoms with Crippen LogP contribution >= 0.6 is 0 Å². The monoisotopic (exact) mass is 154 g/mol. The van der Waals surface area contributed by atoms with E-state index in [1.54, 1.807) is 0 Å². The van der Waals surface area contributed by atoms with E-state index in [0.717, 1.165) is 0 Å². The van der Waals surface area contributed by atoms with E-state index in [-0.39, 0.29) is 5.56 Å². The normalized spacial score (nSPS) is 12.5. The highest BCUT2D eigenvalue weighted by molar-refractivity contribution is 5.73. The minimum atomic E-state index is -1.53. The fourth-order valence-corrected chi connectivity index (χ4v) is 0.594. The number of carboxylic acid groups (broad SMARTS) is 1. The lowest BCUT2D eigenvalue weighted by molar-refractivity contribution is -0.147. The quantitative estimate of drug-likeness (QED) is 0.605. The molecule has 1 atom stereocenters. The Kier molecular flexibility index (Phi) is 2.12. The maximum atomic E-state index is 10.2. The summed E-state index contributed by atoms with van der Waals surface area (Å²) < 4.78 is 0. The summed E-state index contributed by atoms with van der Waals surface area (Å²) in [6.45, 7) is 0. The summed E-state index contributed by atoms with van der Waals surface area (Å²) in [6.07, 6.45) is 2.24. The molecule has 1 aromatic heterocycles. The van der Waals surface area contributed by atoms with Crippen molar-refractivity contribution in [1.29, 1.82) is 0 Å². The smallest absolute Gasteiger partial charge is 0.337 e. The summed E-state index contributed by atoms with van der Waals surface area (Å²) >= 11 is 0. The second kappa shape index (κ2) is 3.07. The molecule has 0 aliphatic rings. The molecule has 0 aliphatic heterocycles. The van der Waals surface area contributed by atoms with E-state index in [1.165, 1.54) is 18.7 Å². The molecule has 0 spiro atoms. The molecule has 0 saturated carbocycles. The zero-order valence-electron chi connectivity index (χ0n) is 5.51. The van der Waals surface area contributed by atoms with Gasteiger partial charge in [0.1, 0.15) is 6.33 Å². The van der Waals surface area contributed by atoms with E-state index in [2.05, 4.69) is 9.97 Å².